The molecular formula is C18H28N2. The van der Waals surface area contributed by atoms with Crippen molar-refractivity contribution in [2.45, 2.75) is 45.7 Å². The molecule has 1 fully saturated rings. The van der Waals surface area contributed by atoms with E-state index in [2.05, 4.69) is 67.4 Å². The highest BCUT2D eigenvalue weighted by Gasteiger charge is 2.27. The Morgan fingerprint density at radius 2 is 2.05 bits per heavy atom. The minimum absolute atomic E-state index is 0.500. The lowest BCUT2D eigenvalue weighted by atomic mass is 9.99. The number of rotatable bonds is 5. The Kier molecular flexibility index (Phi) is 5.81. The Balaban J connectivity index is 2.10. The number of allylic oxidation sites excluding steroid dienone is 1. The molecular weight excluding hydrogens is 244 g/mol. The third-order valence-electron chi connectivity index (χ3n) is 4.05. The summed E-state index contributed by atoms with van der Waals surface area (Å²) in [6.07, 6.45) is 4.88. The lowest BCUT2D eigenvalue weighted by Crippen LogP contribution is -2.52. The molecule has 0 aromatic heterocycles. The molecule has 2 unspecified atom stereocenters. The van der Waals surface area contributed by atoms with Crippen LogP contribution in [0.15, 0.2) is 42.0 Å². The van der Waals surface area contributed by atoms with Crippen molar-refractivity contribution in [3.63, 3.8) is 0 Å². The number of hydrogen-bond donors (Lipinski definition) is 1. The number of benzene rings is 1. The predicted octanol–water partition coefficient (Wildman–Crippen LogP) is 3.77. The van der Waals surface area contributed by atoms with Gasteiger partial charge in [-0.25, -0.2) is 0 Å². The molecule has 0 bridgehead atoms. The molecule has 20 heavy (non-hydrogen) atoms. The summed E-state index contributed by atoms with van der Waals surface area (Å²) in [4.78, 5) is 2.62. The van der Waals surface area contributed by atoms with Crippen LogP contribution in [-0.2, 0) is 0 Å². The lowest BCUT2D eigenvalue weighted by molar-refractivity contribution is 0.141. The summed E-state index contributed by atoms with van der Waals surface area (Å²) < 4.78 is 0. The third-order valence-corrected chi connectivity index (χ3v) is 4.05. The van der Waals surface area contributed by atoms with Crippen molar-refractivity contribution in [3.8, 4) is 0 Å². The molecule has 1 aromatic carbocycles. The van der Waals surface area contributed by atoms with Gasteiger partial charge < -0.3 is 5.32 Å². The van der Waals surface area contributed by atoms with E-state index in [0.29, 0.717) is 12.1 Å². The molecule has 2 heteroatoms. The summed E-state index contributed by atoms with van der Waals surface area (Å²) >= 11 is 0. The maximum absolute atomic E-state index is 3.72. The van der Waals surface area contributed by atoms with Gasteiger partial charge in [0.05, 0.1) is 0 Å². The van der Waals surface area contributed by atoms with Crippen molar-refractivity contribution in [2.24, 2.45) is 0 Å². The number of nitrogens with zero attached hydrogens (tertiary/aromatic N) is 1. The predicted molar refractivity (Wildman–Crippen MR) is 86.9 cm³/mol. The van der Waals surface area contributed by atoms with Crippen molar-refractivity contribution >= 4 is 0 Å². The van der Waals surface area contributed by atoms with Gasteiger partial charge in [-0.1, -0.05) is 55.3 Å². The Labute approximate surface area is 123 Å². The molecule has 2 nitrogen and oxygen atoms in total. The van der Waals surface area contributed by atoms with E-state index in [1.165, 1.54) is 24.0 Å². The van der Waals surface area contributed by atoms with Gasteiger partial charge in [0.25, 0.3) is 0 Å². The summed E-state index contributed by atoms with van der Waals surface area (Å²) in [7, 11) is 0. The first kappa shape index (κ1) is 15.3. The molecule has 1 aliphatic rings. The second-order valence-corrected chi connectivity index (χ2v) is 6.06. The first-order chi connectivity index (χ1) is 9.70. The van der Waals surface area contributed by atoms with Crippen LogP contribution in [0.2, 0.25) is 0 Å². The van der Waals surface area contributed by atoms with Crippen molar-refractivity contribution < 1.29 is 0 Å². The lowest BCUT2D eigenvalue weighted by Gasteiger charge is -2.40. The minimum Gasteiger partial charge on any atom is -0.311 e. The molecule has 1 aromatic rings. The highest BCUT2D eigenvalue weighted by Crippen LogP contribution is 2.24. The van der Waals surface area contributed by atoms with Gasteiger partial charge in [-0.15, -0.1) is 0 Å². The van der Waals surface area contributed by atoms with Crippen LogP contribution in [0.4, 0.5) is 0 Å². The maximum atomic E-state index is 3.72. The van der Waals surface area contributed by atoms with Crippen LogP contribution >= 0.6 is 0 Å². The normalized spacial score (nSPS) is 23.6. The first-order valence-electron chi connectivity index (χ1n) is 7.86. The van der Waals surface area contributed by atoms with Gasteiger partial charge in [0.15, 0.2) is 0 Å². The van der Waals surface area contributed by atoms with Gasteiger partial charge in [0, 0.05) is 31.7 Å². The Hall–Kier alpha value is -1.12. The Morgan fingerprint density at radius 3 is 2.70 bits per heavy atom. The molecule has 0 aliphatic carbocycles. The molecule has 1 heterocycles. The second kappa shape index (κ2) is 7.61. The van der Waals surface area contributed by atoms with Crippen LogP contribution in [0, 0.1) is 0 Å². The number of nitrogens with one attached hydrogen (secondary N) is 1. The zero-order valence-electron chi connectivity index (χ0n) is 13.1. The fourth-order valence-electron chi connectivity index (χ4n) is 2.93. The van der Waals surface area contributed by atoms with Gasteiger partial charge in [-0.3, -0.25) is 4.90 Å². The van der Waals surface area contributed by atoms with E-state index in [4.69, 9.17) is 0 Å². The maximum Gasteiger partial charge on any atom is 0.0476 e. The van der Waals surface area contributed by atoms with Gasteiger partial charge in [0.1, 0.15) is 0 Å². The summed E-state index contributed by atoms with van der Waals surface area (Å²) in [6.45, 7) is 9.91. The molecule has 2 rings (SSSR count). The van der Waals surface area contributed by atoms with E-state index < -0.39 is 0 Å². The SMILES string of the molecule is CCCC1CN(CC=C(C)C)C(c2ccccc2)CN1. The first-order valence-corrected chi connectivity index (χ1v) is 7.86. The summed E-state index contributed by atoms with van der Waals surface area (Å²) in [5.41, 5.74) is 2.83. The van der Waals surface area contributed by atoms with E-state index in [9.17, 15) is 0 Å². The average Bonchev–Trinajstić information content (AvgIpc) is 2.46. The molecule has 0 amide bonds. The van der Waals surface area contributed by atoms with Crippen LogP contribution in [0.1, 0.15) is 45.2 Å². The smallest absolute Gasteiger partial charge is 0.0476 e. The largest absolute Gasteiger partial charge is 0.311 e. The molecule has 2 atom stereocenters. The van der Waals surface area contributed by atoms with Crippen molar-refractivity contribution in [1.29, 1.82) is 0 Å². The fourth-order valence-corrected chi connectivity index (χ4v) is 2.93. The zero-order valence-corrected chi connectivity index (χ0v) is 13.1. The van der Waals surface area contributed by atoms with Gasteiger partial charge in [-0.2, -0.15) is 0 Å². The van der Waals surface area contributed by atoms with Crippen LogP contribution in [0.3, 0.4) is 0 Å². The van der Waals surface area contributed by atoms with Crippen LogP contribution in [-0.4, -0.2) is 30.6 Å². The van der Waals surface area contributed by atoms with E-state index >= 15 is 0 Å². The summed E-state index contributed by atoms with van der Waals surface area (Å²) in [6, 6.07) is 12.0. The standard InChI is InChI=1S/C18H28N2/c1-4-8-17-14-20(12-11-15(2)3)18(13-19-17)16-9-6-5-7-10-16/h5-7,9-11,17-19H,4,8,12-14H2,1-3H3. The van der Waals surface area contributed by atoms with E-state index in [-0.39, 0.29) is 0 Å². The van der Waals surface area contributed by atoms with Crippen molar-refractivity contribution in [3.05, 3.63) is 47.5 Å². The molecule has 0 spiro atoms. The highest BCUT2D eigenvalue weighted by molar-refractivity contribution is 5.20. The van der Waals surface area contributed by atoms with Crippen LogP contribution in [0.25, 0.3) is 0 Å². The molecule has 1 aliphatic heterocycles. The second-order valence-electron chi connectivity index (χ2n) is 6.06. The molecule has 1 saturated heterocycles. The number of piperazine rings is 1. The highest BCUT2D eigenvalue weighted by atomic mass is 15.2. The quantitative estimate of drug-likeness (QED) is 0.821. The van der Waals surface area contributed by atoms with E-state index in [1.807, 2.05) is 0 Å². The molecule has 110 valence electrons. The number of hydrogen-bond acceptors (Lipinski definition) is 2. The Morgan fingerprint density at radius 1 is 1.30 bits per heavy atom. The summed E-state index contributed by atoms with van der Waals surface area (Å²) in [5.74, 6) is 0. The van der Waals surface area contributed by atoms with Gasteiger partial charge in [0.2, 0.25) is 0 Å². The minimum atomic E-state index is 0.500. The van der Waals surface area contributed by atoms with Crippen LogP contribution in [0.5, 0.6) is 0 Å². The average molecular weight is 272 g/mol. The monoisotopic (exact) mass is 272 g/mol. The molecule has 1 N–H and O–H groups in total. The van der Waals surface area contributed by atoms with E-state index in [0.717, 1.165) is 19.6 Å². The Bertz CT molecular complexity index is 420. The van der Waals surface area contributed by atoms with Gasteiger partial charge in [-0.05, 0) is 25.8 Å². The molecule has 0 radical (unpaired) electrons. The fraction of sp³-hybridized carbons (Fsp3) is 0.556. The topological polar surface area (TPSA) is 15.3 Å². The van der Waals surface area contributed by atoms with Gasteiger partial charge >= 0.3 is 0 Å². The van der Waals surface area contributed by atoms with E-state index in [1.54, 1.807) is 0 Å². The molecule has 0 saturated carbocycles. The zero-order chi connectivity index (χ0) is 14.4. The van der Waals surface area contributed by atoms with Crippen molar-refractivity contribution in [2.75, 3.05) is 19.6 Å². The van der Waals surface area contributed by atoms with Crippen LogP contribution < -0.4 is 5.32 Å². The third kappa shape index (κ3) is 4.19. The van der Waals surface area contributed by atoms with Crippen molar-refractivity contribution in [1.82, 2.24) is 10.2 Å². The summed E-state index contributed by atoms with van der Waals surface area (Å²) in [5, 5.41) is 3.72.